The van der Waals surface area contributed by atoms with E-state index in [-0.39, 0.29) is 30.7 Å². The maximum Gasteiger partial charge on any atom is 0.401 e. The second-order valence-electron chi connectivity index (χ2n) is 5.34. The number of carbonyl (C=O) groups excluding carboxylic acids is 1. The van der Waals surface area contributed by atoms with E-state index < -0.39 is 12.7 Å². The summed E-state index contributed by atoms with van der Waals surface area (Å²) in [4.78, 5) is 15.1. The van der Waals surface area contributed by atoms with Crippen molar-refractivity contribution in [1.29, 1.82) is 0 Å². The maximum atomic E-state index is 12.2. The second kappa shape index (κ2) is 9.02. The Balaban J connectivity index is 0.00000200. The lowest BCUT2D eigenvalue weighted by atomic mass is 10.0. The smallest absolute Gasteiger partial charge is 0.340 e. The standard InChI is InChI=1S/C12H20F3N3O.2ClH/c13-12(14,15)9-17-3-5-18(6-4-17)11(19)7-10-1-2-16-8-10;;/h10,16H,1-9H2;2*1H. The molecule has 0 aromatic rings. The summed E-state index contributed by atoms with van der Waals surface area (Å²) in [7, 11) is 0. The largest absolute Gasteiger partial charge is 0.401 e. The Morgan fingerprint density at radius 3 is 2.24 bits per heavy atom. The number of hydrogen-bond donors (Lipinski definition) is 1. The molecule has 2 heterocycles. The molecule has 0 aromatic carbocycles. The summed E-state index contributed by atoms with van der Waals surface area (Å²) >= 11 is 0. The maximum absolute atomic E-state index is 12.2. The molecule has 126 valence electrons. The first kappa shape index (κ1) is 20.8. The minimum atomic E-state index is -4.15. The van der Waals surface area contributed by atoms with Crippen LogP contribution in [-0.4, -0.2) is 67.7 Å². The zero-order chi connectivity index (χ0) is 13.9. The van der Waals surface area contributed by atoms with Crippen molar-refractivity contribution in [2.24, 2.45) is 5.92 Å². The van der Waals surface area contributed by atoms with Gasteiger partial charge in [-0.3, -0.25) is 9.69 Å². The fourth-order valence-electron chi connectivity index (χ4n) is 2.67. The summed E-state index contributed by atoms with van der Waals surface area (Å²) in [6, 6.07) is 0. The van der Waals surface area contributed by atoms with Gasteiger partial charge in [0.15, 0.2) is 0 Å². The molecule has 2 fully saturated rings. The van der Waals surface area contributed by atoms with Crippen LogP contribution >= 0.6 is 24.8 Å². The van der Waals surface area contributed by atoms with Crippen LogP contribution in [0, 0.1) is 5.92 Å². The van der Waals surface area contributed by atoms with Crippen molar-refractivity contribution < 1.29 is 18.0 Å². The van der Waals surface area contributed by atoms with Crippen LogP contribution in [0.25, 0.3) is 0 Å². The molecule has 4 nitrogen and oxygen atoms in total. The molecule has 2 aliphatic heterocycles. The zero-order valence-corrected chi connectivity index (χ0v) is 13.3. The van der Waals surface area contributed by atoms with Gasteiger partial charge >= 0.3 is 6.18 Å². The molecule has 2 aliphatic rings. The molecule has 2 rings (SSSR count). The average Bonchev–Trinajstić information content (AvgIpc) is 2.80. The van der Waals surface area contributed by atoms with E-state index in [2.05, 4.69) is 5.32 Å². The van der Waals surface area contributed by atoms with Crippen molar-refractivity contribution in [3.05, 3.63) is 0 Å². The fourth-order valence-corrected chi connectivity index (χ4v) is 2.67. The monoisotopic (exact) mass is 351 g/mol. The molecule has 21 heavy (non-hydrogen) atoms. The van der Waals surface area contributed by atoms with E-state index in [1.165, 1.54) is 4.90 Å². The van der Waals surface area contributed by atoms with Crippen LogP contribution in [-0.2, 0) is 4.79 Å². The van der Waals surface area contributed by atoms with E-state index >= 15 is 0 Å². The topological polar surface area (TPSA) is 35.6 Å². The van der Waals surface area contributed by atoms with Crippen LogP contribution in [0.1, 0.15) is 12.8 Å². The first-order chi connectivity index (χ1) is 8.94. The Hall–Kier alpha value is -0.240. The fraction of sp³-hybridized carbons (Fsp3) is 0.917. The quantitative estimate of drug-likeness (QED) is 0.837. The highest BCUT2D eigenvalue weighted by atomic mass is 35.5. The summed E-state index contributed by atoms with van der Waals surface area (Å²) < 4.78 is 36.7. The Labute approximate surface area is 135 Å². The summed E-state index contributed by atoms with van der Waals surface area (Å²) in [5.41, 5.74) is 0. The molecule has 0 aromatic heterocycles. The van der Waals surface area contributed by atoms with Crippen LogP contribution in [0.4, 0.5) is 13.2 Å². The Morgan fingerprint density at radius 2 is 1.76 bits per heavy atom. The van der Waals surface area contributed by atoms with Crippen LogP contribution in [0.15, 0.2) is 0 Å². The number of amides is 1. The Morgan fingerprint density at radius 1 is 1.14 bits per heavy atom. The molecule has 1 unspecified atom stereocenters. The van der Waals surface area contributed by atoms with Gasteiger partial charge in [0.05, 0.1) is 6.54 Å². The van der Waals surface area contributed by atoms with Gasteiger partial charge in [-0.25, -0.2) is 0 Å². The lowest BCUT2D eigenvalue weighted by Gasteiger charge is -2.35. The summed E-state index contributed by atoms with van der Waals surface area (Å²) in [6.45, 7) is 2.41. The van der Waals surface area contributed by atoms with E-state index in [4.69, 9.17) is 0 Å². The van der Waals surface area contributed by atoms with E-state index in [0.29, 0.717) is 38.5 Å². The lowest BCUT2D eigenvalue weighted by molar-refractivity contribution is -0.151. The molecule has 0 aliphatic carbocycles. The van der Waals surface area contributed by atoms with Crippen LogP contribution in [0.3, 0.4) is 0 Å². The number of piperazine rings is 1. The molecule has 2 saturated heterocycles. The number of hydrogen-bond acceptors (Lipinski definition) is 3. The molecule has 1 atom stereocenters. The molecule has 9 heteroatoms. The number of carbonyl (C=O) groups is 1. The third kappa shape index (κ3) is 7.04. The van der Waals surface area contributed by atoms with Gasteiger partial charge in [-0.1, -0.05) is 0 Å². The van der Waals surface area contributed by atoms with Crippen LogP contribution in [0.5, 0.6) is 0 Å². The van der Waals surface area contributed by atoms with Gasteiger partial charge in [-0.15, -0.1) is 24.8 Å². The van der Waals surface area contributed by atoms with E-state index in [1.54, 1.807) is 4.90 Å². The molecule has 1 amide bonds. The minimum Gasteiger partial charge on any atom is -0.340 e. The van der Waals surface area contributed by atoms with Crippen molar-refractivity contribution in [2.75, 3.05) is 45.8 Å². The molecule has 0 radical (unpaired) electrons. The van der Waals surface area contributed by atoms with Crippen molar-refractivity contribution >= 4 is 30.7 Å². The molecule has 0 bridgehead atoms. The van der Waals surface area contributed by atoms with Gasteiger partial charge in [0.2, 0.25) is 5.91 Å². The lowest BCUT2D eigenvalue weighted by Crippen LogP contribution is -2.51. The number of nitrogens with one attached hydrogen (secondary N) is 1. The van der Waals surface area contributed by atoms with E-state index in [9.17, 15) is 18.0 Å². The average molecular weight is 352 g/mol. The van der Waals surface area contributed by atoms with Gasteiger partial charge < -0.3 is 10.2 Å². The predicted molar refractivity (Wildman–Crippen MR) is 79.2 cm³/mol. The van der Waals surface area contributed by atoms with Crippen molar-refractivity contribution in [1.82, 2.24) is 15.1 Å². The summed E-state index contributed by atoms with van der Waals surface area (Å²) in [5, 5.41) is 3.21. The third-order valence-corrected chi connectivity index (χ3v) is 3.75. The molecule has 0 saturated carbocycles. The minimum absolute atomic E-state index is 0. The summed E-state index contributed by atoms with van der Waals surface area (Å²) in [5.74, 6) is 0.473. The van der Waals surface area contributed by atoms with Crippen molar-refractivity contribution in [3.8, 4) is 0 Å². The highest BCUT2D eigenvalue weighted by Gasteiger charge is 2.33. The molecular formula is C12H22Cl2F3N3O. The van der Waals surface area contributed by atoms with Crippen LogP contribution < -0.4 is 5.32 Å². The van der Waals surface area contributed by atoms with E-state index in [1.807, 2.05) is 0 Å². The highest BCUT2D eigenvalue weighted by molar-refractivity contribution is 5.85. The number of nitrogens with zero attached hydrogens (tertiary/aromatic N) is 2. The molecule has 1 N–H and O–H groups in total. The van der Waals surface area contributed by atoms with Crippen molar-refractivity contribution in [2.45, 2.75) is 19.0 Å². The summed E-state index contributed by atoms with van der Waals surface area (Å²) in [6.07, 6.45) is -2.62. The Bertz CT molecular complexity index is 317. The van der Waals surface area contributed by atoms with Gasteiger partial charge in [0.25, 0.3) is 0 Å². The van der Waals surface area contributed by atoms with Gasteiger partial charge in [0, 0.05) is 32.6 Å². The van der Waals surface area contributed by atoms with Gasteiger partial charge in [-0.2, -0.15) is 13.2 Å². The number of halogens is 5. The molecular weight excluding hydrogens is 330 g/mol. The zero-order valence-electron chi connectivity index (χ0n) is 11.7. The van der Waals surface area contributed by atoms with E-state index in [0.717, 1.165) is 19.5 Å². The first-order valence-corrected chi connectivity index (χ1v) is 6.71. The highest BCUT2D eigenvalue weighted by Crippen LogP contribution is 2.19. The molecule has 0 spiro atoms. The van der Waals surface area contributed by atoms with Crippen molar-refractivity contribution in [3.63, 3.8) is 0 Å². The number of alkyl halides is 3. The Kier molecular flexibility index (Phi) is 8.92. The predicted octanol–water partition coefficient (Wildman–Crippen LogP) is 1.54. The number of rotatable bonds is 3. The first-order valence-electron chi connectivity index (χ1n) is 6.71. The second-order valence-corrected chi connectivity index (χ2v) is 5.34. The third-order valence-electron chi connectivity index (χ3n) is 3.75. The van der Waals surface area contributed by atoms with Gasteiger partial charge in [0.1, 0.15) is 0 Å². The van der Waals surface area contributed by atoms with Crippen LogP contribution in [0.2, 0.25) is 0 Å². The van der Waals surface area contributed by atoms with Gasteiger partial charge in [-0.05, 0) is 25.4 Å². The normalized spacial score (nSPS) is 23.4. The SMILES string of the molecule is Cl.Cl.O=C(CC1CCNC1)N1CCN(CC(F)(F)F)CC1.